The Bertz CT molecular complexity index is 926. The minimum Gasteiger partial charge on any atom is -0.497 e. The van der Waals surface area contributed by atoms with Crippen molar-refractivity contribution in [2.45, 2.75) is 34.1 Å². The van der Waals surface area contributed by atoms with Crippen LogP contribution in [0.25, 0.3) is 22.5 Å². The van der Waals surface area contributed by atoms with Crippen molar-refractivity contribution in [1.29, 1.82) is 0 Å². The molecule has 0 atom stereocenters. The topological polar surface area (TPSA) is 27.1 Å². The van der Waals surface area contributed by atoms with E-state index in [4.69, 9.17) is 9.84 Å². The van der Waals surface area contributed by atoms with Crippen LogP contribution in [0.15, 0.2) is 61.2 Å². The first kappa shape index (κ1) is 19.0. The second-order valence-electron chi connectivity index (χ2n) is 8.24. The zero-order valence-electron chi connectivity index (χ0n) is 16.9. The van der Waals surface area contributed by atoms with Crippen LogP contribution in [0.4, 0.5) is 0 Å². The van der Waals surface area contributed by atoms with E-state index in [1.807, 2.05) is 35.9 Å². The molecule has 27 heavy (non-hydrogen) atoms. The Balaban J connectivity index is 2.02. The predicted octanol–water partition coefficient (Wildman–Crippen LogP) is 6.17. The largest absolute Gasteiger partial charge is 0.497 e. The van der Waals surface area contributed by atoms with Gasteiger partial charge in [-0.1, -0.05) is 51.6 Å². The van der Waals surface area contributed by atoms with E-state index in [1.54, 1.807) is 7.11 Å². The van der Waals surface area contributed by atoms with Gasteiger partial charge in [0.15, 0.2) is 0 Å². The van der Waals surface area contributed by atoms with Crippen molar-refractivity contribution in [2.75, 3.05) is 7.11 Å². The van der Waals surface area contributed by atoms with Gasteiger partial charge >= 0.3 is 0 Å². The molecule has 0 bridgehead atoms. The van der Waals surface area contributed by atoms with Crippen molar-refractivity contribution >= 4 is 5.57 Å². The fourth-order valence-electron chi connectivity index (χ4n) is 3.12. The molecule has 140 valence electrons. The highest BCUT2D eigenvalue weighted by Crippen LogP contribution is 2.28. The first-order valence-electron chi connectivity index (χ1n) is 9.26. The van der Waals surface area contributed by atoms with Gasteiger partial charge in [-0.2, -0.15) is 5.10 Å². The van der Waals surface area contributed by atoms with Crippen LogP contribution in [-0.2, 0) is 6.42 Å². The monoisotopic (exact) mass is 360 g/mol. The van der Waals surface area contributed by atoms with Crippen LogP contribution in [0.3, 0.4) is 0 Å². The molecular formula is C24H28N2O. The van der Waals surface area contributed by atoms with E-state index in [9.17, 15) is 0 Å². The van der Waals surface area contributed by atoms with Gasteiger partial charge in [-0.15, -0.1) is 0 Å². The van der Waals surface area contributed by atoms with Crippen LogP contribution in [0.1, 0.15) is 39.0 Å². The van der Waals surface area contributed by atoms with E-state index < -0.39 is 0 Å². The third-order valence-electron chi connectivity index (χ3n) is 4.45. The van der Waals surface area contributed by atoms with Crippen LogP contribution in [-0.4, -0.2) is 16.9 Å². The summed E-state index contributed by atoms with van der Waals surface area (Å²) in [4.78, 5) is 0. The molecule has 3 heteroatoms. The van der Waals surface area contributed by atoms with Gasteiger partial charge in [0.25, 0.3) is 0 Å². The van der Waals surface area contributed by atoms with Crippen LogP contribution >= 0.6 is 0 Å². The summed E-state index contributed by atoms with van der Waals surface area (Å²) in [5.74, 6) is 0.833. The summed E-state index contributed by atoms with van der Waals surface area (Å²) in [6.45, 7) is 12.8. The maximum Gasteiger partial charge on any atom is 0.119 e. The zero-order chi connectivity index (χ0) is 19.6. The Morgan fingerprint density at radius 1 is 1.04 bits per heavy atom. The van der Waals surface area contributed by atoms with Gasteiger partial charge in [-0.25, -0.2) is 4.68 Å². The lowest BCUT2D eigenvalue weighted by atomic mass is 9.88. The molecule has 3 nitrogen and oxygen atoms in total. The number of methoxy groups -OCH3 is 1. The maximum atomic E-state index is 5.27. The van der Waals surface area contributed by atoms with Gasteiger partial charge in [0.2, 0.25) is 0 Å². The van der Waals surface area contributed by atoms with Crippen molar-refractivity contribution in [3.63, 3.8) is 0 Å². The van der Waals surface area contributed by atoms with E-state index in [-0.39, 0.29) is 5.41 Å². The smallest absolute Gasteiger partial charge is 0.119 e. The number of allylic oxidation sites excluding steroid dienone is 1. The predicted molar refractivity (Wildman–Crippen MR) is 113 cm³/mol. The van der Waals surface area contributed by atoms with Crippen LogP contribution in [0.5, 0.6) is 5.75 Å². The van der Waals surface area contributed by atoms with Crippen molar-refractivity contribution in [2.24, 2.45) is 5.41 Å². The van der Waals surface area contributed by atoms with Crippen LogP contribution in [0.2, 0.25) is 0 Å². The fourth-order valence-corrected chi connectivity index (χ4v) is 3.12. The second-order valence-corrected chi connectivity index (χ2v) is 8.24. The number of nitrogens with zero attached hydrogens (tertiary/aromatic N) is 2. The summed E-state index contributed by atoms with van der Waals surface area (Å²) in [5, 5.41) is 4.77. The second kappa shape index (κ2) is 7.43. The van der Waals surface area contributed by atoms with E-state index in [2.05, 4.69) is 57.7 Å². The highest BCUT2D eigenvalue weighted by atomic mass is 16.5. The highest BCUT2D eigenvalue weighted by Gasteiger charge is 2.14. The summed E-state index contributed by atoms with van der Waals surface area (Å²) in [5.41, 5.74) is 6.68. The lowest BCUT2D eigenvalue weighted by molar-refractivity contribution is 0.411. The van der Waals surface area contributed by atoms with Crippen molar-refractivity contribution < 1.29 is 4.74 Å². The minimum atomic E-state index is 0.277. The molecule has 1 heterocycles. The van der Waals surface area contributed by atoms with Gasteiger partial charge in [0.1, 0.15) is 5.75 Å². The Hall–Kier alpha value is -2.81. The summed E-state index contributed by atoms with van der Waals surface area (Å²) in [6, 6.07) is 18.8. The molecule has 0 aliphatic carbocycles. The van der Waals surface area contributed by atoms with Crippen molar-refractivity contribution in [3.8, 4) is 22.7 Å². The first-order valence-corrected chi connectivity index (χ1v) is 9.26. The van der Waals surface area contributed by atoms with E-state index in [0.717, 1.165) is 40.4 Å². The molecule has 0 saturated carbocycles. The summed E-state index contributed by atoms with van der Waals surface area (Å²) >= 11 is 0. The van der Waals surface area contributed by atoms with Crippen LogP contribution in [0, 0.1) is 5.41 Å². The van der Waals surface area contributed by atoms with Crippen molar-refractivity contribution in [3.05, 3.63) is 72.4 Å². The van der Waals surface area contributed by atoms with Crippen LogP contribution < -0.4 is 4.74 Å². The van der Waals surface area contributed by atoms with Gasteiger partial charge < -0.3 is 4.74 Å². The Morgan fingerprint density at radius 3 is 2.19 bits per heavy atom. The van der Waals surface area contributed by atoms with Crippen molar-refractivity contribution in [1.82, 2.24) is 9.78 Å². The molecule has 0 N–H and O–H groups in total. The minimum absolute atomic E-state index is 0.277. The standard InChI is InChI=1S/C24H28N2O/c1-17(2)22-15-23(19-9-7-18(8-10-19)16-24(3,4)5)26(25-22)20-11-13-21(27-6)14-12-20/h7-15H,1,16H2,2-6H3. The number of hydrogen-bond donors (Lipinski definition) is 0. The molecule has 0 spiro atoms. The number of ether oxygens (including phenoxy) is 1. The molecule has 3 aromatic rings. The number of rotatable bonds is 5. The molecule has 0 amide bonds. The quantitative estimate of drug-likeness (QED) is 0.544. The summed E-state index contributed by atoms with van der Waals surface area (Å²) < 4.78 is 7.25. The Kier molecular flexibility index (Phi) is 5.22. The first-order chi connectivity index (χ1) is 12.8. The average Bonchev–Trinajstić information content (AvgIpc) is 3.07. The lowest BCUT2D eigenvalue weighted by Gasteiger charge is -2.18. The average molecular weight is 361 g/mol. The normalized spacial score (nSPS) is 11.4. The molecule has 0 aliphatic rings. The van der Waals surface area contributed by atoms with Gasteiger partial charge in [-0.05, 0) is 60.2 Å². The maximum absolute atomic E-state index is 5.27. The molecule has 0 fully saturated rings. The third kappa shape index (κ3) is 4.48. The molecule has 1 aromatic heterocycles. The van der Waals surface area contributed by atoms with Gasteiger partial charge in [-0.3, -0.25) is 0 Å². The third-order valence-corrected chi connectivity index (χ3v) is 4.45. The zero-order valence-corrected chi connectivity index (χ0v) is 16.9. The van der Waals surface area contributed by atoms with Gasteiger partial charge in [0.05, 0.1) is 24.2 Å². The number of aromatic nitrogens is 2. The molecule has 0 aliphatic heterocycles. The molecule has 3 rings (SSSR count). The number of benzene rings is 2. The summed E-state index contributed by atoms with van der Waals surface area (Å²) in [7, 11) is 1.67. The molecule has 0 unspecified atom stereocenters. The molecule has 0 radical (unpaired) electrons. The summed E-state index contributed by atoms with van der Waals surface area (Å²) in [6.07, 6.45) is 1.06. The molecular weight excluding hydrogens is 332 g/mol. The highest BCUT2D eigenvalue weighted by molar-refractivity contribution is 5.69. The number of hydrogen-bond acceptors (Lipinski definition) is 2. The van der Waals surface area contributed by atoms with E-state index in [1.165, 1.54) is 5.56 Å². The SMILES string of the molecule is C=C(C)c1cc(-c2ccc(CC(C)(C)C)cc2)n(-c2ccc(OC)cc2)n1. The lowest BCUT2D eigenvalue weighted by Crippen LogP contribution is -2.08. The molecule has 2 aromatic carbocycles. The Morgan fingerprint density at radius 2 is 1.67 bits per heavy atom. The van der Waals surface area contributed by atoms with E-state index in [0.29, 0.717) is 0 Å². The van der Waals surface area contributed by atoms with E-state index >= 15 is 0 Å². The Labute approximate surface area is 162 Å². The molecule has 0 saturated heterocycles. The fraction of sp³-hybridized carbons (Fsp3) is 0.292. The van der Waals surface area contributed by atoms with Gasteiger partial charge in [0, 0.05) is 5.56 Å².